The van der Waals surface area contributed by atoms with Gasteiger partial charge in [-0.25, -0.2) is 0 Å². The van der Waals surface area contributed by atoms with E-state index in [1.807, 2.05) is 12.1 Å². The van der Waals surface area contributed by atoms with Crippen molar-refractivity contribution in [1.82, 2.24) is 15.3 Å². The maximum Gasteiger partial charge on any atom is 0.232 e. The van der Waals surface area contributed by atoms with Gasteiger partial charge in [0.05, 0.1) is 0 Å². The first-order valence-electron chi connectivity index (χ1n) is 13.2. The lowest BCUT2D eigenvalue weighted by Gasteiger charge is -2.33. The highest BCUT2D eigenvalue weighted by atomic mass is 35.5. The highest BCUT2D eigenvalue weighted by Gasteiger charge is 2.35. The molecule has 2 saturated heterocycles. The topological polar surface area (TPSA) is 56.3 Å². The quantitative estimate of drug-likeness (QED) is 0.477. The molecule has 188 valence electrons. The van der Waals surface area contributed by atoms with E-state index >= 15 is 0 Å². The fraction of sp³-hybridized carbons (Fsp3) is 0.593. The summed E-state index contributed by atoms with van der Waals surface area (Å²) in [6, 6.07) is 10.5. The molecule has 0 radical (unpaired) electrons. The van der Waals surface area contributed by atoms with Gasteiger partial charge in [-0.1, -0.05) is 43.5 Å². The Morgan fingerprint density at radius 3 is 2.34 bits per heavy atom. The van der Waals surface area contributed by atoms with Crippen molar-refractivity contribution < 1.29 is 0 Å². The molecule has 8 heteroatoms. The third kappa shape index (κ3) is 5.83. The van der Waals surface area contributed by atoms with Crippen LogP contribution < -0.4 is 20.4 Å². The van der Waals surface area contributed by atoms with Gasteiger partial charge in [0.1, 0.15) is 11.6 Å². The van der Waals surface area contributed by atoms with Gasteiger partial charge in [0.15, 0.2) is 5.11 Å². The minimum Gasteiger partial charge on any atom is -0.361 e. The molecule has 0 spiro atoms. The normalized spacial score (nSPS) is 21.8. The Balaban J connectivity index is 1.31. The SMILES string of the molecule is C[C@H]1CCCN(c2cc(N3CCCC3)nc(NC(=S)NCC3(c4ccc(Cl)cc4)CCCC3)n2)C1. The molecule has 2 aromatic rings. The van der Waals surface area contributed by atoms with Crippen molar-refractivity contribution in [2.75, 3.05) is 47.8 Å². The summed E-state index contributed by atoms with van der Waals surface area (Å²) in [6.45, 7) is 7.32. The molecule has 5 rings (SSSR count). The third-order valence-electron chi connectivity index (χ3n) is 7.94. The number of benzene rings is 1. The molecular weight excluding hydrogens is 476 g/mol. The number of nitrogens with one attached hydrogen (secondary N) is 2. The van der Waals surface area contributed by atoms with Gasteiger partial charge in [0.2, 0.25) is 5.95 Å². The van der Waals surface area contributed by atoms with Gasteiger partial charge in [-0.3, -0.25) is 0 Å². The van der Waals surface area contributed by atoms with Gasteiger partial charge >= 0.3 is 0 Å². The smallest absolute Gasteiger partial charge is 0.232 e. The summed E-state index contributed by atoms with van der Waals surface area (Å²) < 4.78 is 0. The molecule has 6 nitrogen and oxygen atoms in total. The minimum atomic E-state index is 0.0870. The van der Waals surface area contributed by atoms with Crippen molar-refractivity contribution in [3.8, 4) is 0 Å². The Labute approximate surface area is 219 Å². The van der Waals surface area contributed by atoms with E-state index < -0.39 is 0 Å². The molecule has 1 aromatic carbocycles. The number of hydrogen-bond donors (Lipinski definition) is 2. The van der Waals surface area contributed by atoms with Crippen molar-refractivity contribution in [1.29, 1.82) is 0 Å². The van der Waals surface area contributed by atoms with E-state index in [0.29, 0.717) is 17.0 Å². The first-order valence-corrected chi connectivity index (χ1v) is 14.0. The third-order valence-corrected chi connectivity index (χ3v) is 8.44. The van der Waals surface area contributed by atoms with E-state index in [-0.39, 0.29) is 5.41 Å². The van der Waals surface area contributed by atoms with Crippen molar-refractivity contribution in [2.24, 2.45) is 5.92 Å². The van der Waals surface area contributed by atoms with Gasteiger partial charge in [0, 0.05) is 49.2 Å². The van der Waals surface area contributed by atoms with Crippen LogP contribution in [0.3, 0.4) is 0 Å². The molecule has 0 bridgehead atoms. The van der Waals surface area contributed by atoms with Crippen LogP contribution in [0.5, 0.6) is 0 Å². The average molecular weight is 513 g/mol. The molecule has 3 heterocycles. The van der Waals surface area contributed by atoms with Gasteiger partial charge in [0.25, 0.3) is 0 Å². The second-order valence-electron chi connectivity index (χ2n) is 10.6. The Hall–Kier alpha value is -2.12. The van der Waals surface area contributed by atoms with Crippen molar-refractivity contribution in [2.45, 2.75) is 63.7 Å². The van der Waals surface area contributed by atoms with Crippen molar-refractivity contribution >= 4 is 46.5 Å². The van der Waals surface area contributed by atoms with Gasteiger partial charge in [-0.15, -0.1) is 0 Å². The lowest BCUT2D eigenvalue weighted by molar-refractivity contribution is 0.435. The zero-order valence-corrected chi connectivity index (χ0v) is 22.3. The molecule has 3 aliphatic rings. The van der Waals surface area contributed by atoms with E-state index in [4.69, 9.17) is 33.8 Å². The van der Waals surface area contributed by atoms with E-state index in [9.17, 15) is 0 Å². The van der Waals surface area contributed by atoms with Crippen molar-refractivity contribution in [3.63, 3.8) is 0 Å². The number of halogens is 1. The van der Waals surface area contributed by atoms with Crippen molar-refractivity contribution in [3.05, 3.63) is 40.9 Å². The molecule has 2 N–H and O–H groups in total. The van der Waals surface area contributed by atoms with E-state index in [1.54, 1.807) is 0 Å². The van der Waals surface area contributed by atoms with Crippen LogP contribution in [0.15, 0.2) is 30.3 Å². The van der Waals surface area contributed by atoms with E-state index in [2.05, 4.69) is 45.6 Å². The number of anilines is 3. The largest absolute Gasteiger partial charge is 0.361 e. The van der Waals surface area contributed by atoms with Crippen LogP contribution in [0, 0.1) is 5.92 Å². The maximum absolute atomic E-state index is 6.15. The van der Waals surface area contributed by atoms with E-state index in [1.165, 1.54) is 44.1 Å². The Kier molecular flexibility index (Phi) is 7.63. The zero-order chi connectivity index (χ0) is 24.3. The molecule has 1 saturated carbocycles. The van der Waals surface area contributed by atoms with E-state index in [0.717, 1.165) is 62.2 Å². The number of rotatable bonds is 6. The van der Waals surface area contributed by atoms with Crippen LogP contribution in [0.1, 0.15) is 63.9 Å². The number of piperidine rings is 1. The van der Waals surface area contributed by atoms with Crippen LogP contribution in [0.2, 0.25) is 5.02 Å². The minimum absolute atomic E-state index is 0.0870. The molecule has 3 fully saturated rings. The predicted octanol–water partition coefficient (Wildman–Crippen LogP) is 5.76. The number of aromatic nitrogens is 2. The summed E-state index contributed by atoms with van der Waals surface area (Å²) >= 11 is 11.9. The molecule has 35 heavy (non-hydrogen) atoms. The fourth-order valence-corrected chi connectivity index (χ4v) is 6.25. The first-order chi connectivity index (χ1) is 17.0. The van der Waals surface area contributed by atoms with Crippen LogP contribution in [-0.4, -0.2) is 47.8 Å². The molecule has 2 aliphatic heterocycles. The summed E-state index contributed by atoms with van der Waals surface area (Å²) in [7, 11) is 0. The molecular formula is C27H37ClN6S. The zero-order valence-electron chi connectivity index (χ0n) is 20.7. The number of hydrogen-bond acceptors (Lipinski definition) is 5. The monoisotopic (exact) mass is 512 g/mol. The Morgan fingerprint density at radius 2 is 1.66 bits per heavy atom. The van der Waals surface area contributed by atoms with Crippen LogP contribution in [-0.2, 0) is 5.41 Å². The van der Waals surface area contributed by atoms with Gasteiger partial charge in [-0.05, 0) is 74.4 Å². The second kappa shape index (κ2) is 10.9. The van der Waals surface area contributed by atoms with Gasteiger partial charge < -0.3 is 20.4 Å². The summed E-state index contributed by atoms with van der Waals surface area (Å²) in [5.74, 6) is 3.28. The molecule has 0 amide bonds. The number of thiocarbonyl (C=S) groups is 1. The second-order valence-corrected chi connectivity index (χ2v) is 11.4. The highest BCUT2D eigenvalue weighted by molar-refractivity contribution is 7.80. The first kappa shape index (κ1) is 24.6. The number of nitrogens with zero attached hydrogens (tertiary/aromatic N) is 4. The van der Waals surface area contributed by atoms with Crippen LogP contribution in [0.4, 0.5) is 17.6 Å². The fourth-order valence-electron chi connectivity index (χ4n) is 5.96. The molecule has 0 unspecified atom stereocenters. The maximum atomic E-state index is 6.15. The lowest BCUT2D eigenvalue weighted by atomic mass is 9.79. The summed E-state index contributed by atoms with van der Waals surface area (Å²) in [5, 5.41) is 8.19. The highest BCUT2D eigenvalue weighted by Crippen LogP contribution is 2.41. The van der Waals surface area contributed by atoms with Crippen LogP contribution >= 0.6 is 23.8 Å². The Morgan fingerprint density at radius 1 is 1.00 bits per heavy atom. The molecule has 1 atom stereocenters. The predicted molar refractivity (Wildman–Crippen MR) is 150 cm³/mol. The average Bonchev–Trinajstić information content (AvgIpc) is 3.56. The lowest BCUT2D eigenvalue weighted by Crippen LogP contribution is -2.41. The standard InChI is InChI=1S/C27H37ClN6S/c1-20-7-6-16-34(18-20)24-17-23(33-14-4-5-15-33)30-25(31-24)32-26(35)29-19-27(12-2-3-13-27)21-8-10-22(28)11-9-21/h8-11,17,20H,2-7,12-16,18-19H2,1H3,(H2,29,30,31,32,35)/t20-/m0/s1. The summed E-state index contributed by atoms with van der Waals surface area (Å²) in [5.41, 5.74) is 1.42. The Bertz CT molecular complexity index is 1020. The van der Waals surface area contributed by atoms with Gasteiger partial charge in [-0.2, -0.15) is 9.97 Å². The summed E-state index contributed by atoms with van der Waals surface area (Å²) in [4.78, 5) is 14.5. The molecule has 1 aliphatic carbocycles. The summed E-state index contributed by atoms with van der Waals surface area (Å²) in [6.07, 6.45) is 9.72. The van der Waals surface area contributed by atoms with Crippen LogP contribution in [0.25, 0.3) is 0 Å². The molecule has 1 aromatic heterocycles.